The van der Waals surface area contributed by atoms with Crippen molar-refractivity contribution in [3.63, 3.8) is 0 Å². The minimum atomic E-state index is 0.0231. The van der Waals surface area contributed by atoms with E-state index >= 15 is 0 Å². The minimum absolute atomic E-state index is 0.0231. The van der Waals surface area contributed by atoms with Crippen LogP contribution in [-0.4, -0.2) is 30.0 Å². The first-order valence-electron chi connectivity index (χ1n) is 5.12. The molecule has 1 saturated heterocycles. The second-order valence-corrected chi connectivity index (χ2v) is 4.45. The Balaban J connectivity index is 1.82. The van der Waals surface area contributed by atoms with E-state index in [4.69, 9.17) is 9.15 Å². The molecule has 1 fully saturated rings. The Morgan fingerprint density at radius 2 is 2.44 bits per heavy atom. The average Bonchev–Trinajstić information content (AvgIpc) is 3.01. The van der Waals surface area contributed by atoms with Gasteiger partial charge < -0.3 is 14.5 Å². The molecule has 1 atom stereocenters. The smallest absolute Gasteiger partial charge is 0.257 e. The third-order valence-corrected chi connectivity index (χ3v) is 3.25. The van der Waals surface area contributed by atoms with E-state index in [9.17, 15) is 0 Å². The summed E-state index contributed by atoms with van der Waals surface area (Å²) in [7, 11) is 0. The van der Waals surface area contributed by atoms with Gasteiger partial charge in [0.15, 0.2) is 0 Å². The number of nitrogens with one attached hydrogen (secondary N) is 1. The van der Waals surface area contributed by atoms with Crippen LogP contribution >= 0.6 is 11.3 Å². The first kappa shape index (κ1) is 9.95. The molecule has 1 N–H and O–H groups in total. The quantitative estimate of drug-likeness (QED) is 0.856. The van der Waals surface area contributed by atoms with Crippen LogP contribution in [0.5, 0.6) is 0 Å². The third kappa shape index (κ3) is 1.87. The Hall–Kier alpha value is -1.24. The molecule has 3 heterocycles. The number of aromatic nitrogens is 2. The molecule has 2 aromatic rings. The summed E-state index contributed by atoms with van der Waals surface area (Å²) in [5, 5.41) is 13.3. The Morgan fingerprint density at radius 1 is 1.44 bits per heavy atom. The molecule has 0 amide bonds. The molecule has 0 spiro atoms. The van der Waals surface area contributed by atoms with Gasteiger partial charge in [-0.25, -0.2) is 0 Å². The minimum Gasteiger partial charge on any atom is -0.418 e. The standard InChI is InChI=1S/C10H11N3O2S/c1-2-8(16-5-1)10-13-12-9(15-10)7-6-14-4-3-11-7/h1-2,5,7,11H,3-4,6H2/t7-/m0/s1. The predicted octanol–water partition coefficient (Wildman–Crippen LogP) is 1.46. The fourth-order valence-electron chi connectivity index (χ4n) is 1.60. The zero-order valence-electron chi connectivity index (χ0n) is 8.55. The summed E-state index contributed by atoms with van der Waals surface area (Å²) >= 11 is 1.59. The fourth-order valence-corrected chi connectivity index (χ4v) is 2.24. The van der Waals surface area contributed by atoms with Gasteiger partial charge >= 0.3 is 0 Å². The van der Waals surface area contributed by atoms with Crippen LogP contribution in [0.25, 0.3) is 10.8 Å². The van der Waals surface area contributed by atoms with E-state index in [0.29, 0.717) is 18.4 Å². The molecule has 0 radical (unpaired) electrons. The molecule has 0 bridgehead atoms. The van der Waals surface area contributed by atoms with E-state index in [1.807, 2.05) is 17.5 Å². The summed E-state index contributed by atoms with van der Waals surface area (Å²) in [5.74, 6) is 1.18. The first-order chi connectivity index (χ1) is 7.93. The molecule has 84 valence electrons. The molecule has 6 heteroatoms. The molecule has 16 heavy (non-hydrogen) atoms. The van der Waals surface area contributed by atoms with Crippen LogP contribution in [0.2, 0.25) is 0 Å². The SMILES string of the molecule is c1csc(-c2nnc([C@@H]3COCCN3)o2)c1. The van der Waals surface area contributed by atoms with Gasteiger partial charge in [0.2, 0.25) is 5.89 Å². The highest BCUT2D eigenvalue weighted by Gasteiger charge is 2.21. The van der Waals surface area contributed by atoms with Crippen LogP contribution in [0.15, 0.2) is 21.9 Å². The van der Waals surface area contributed by atoms with Crippen LogP contribution in [0.4, 0.5) is 0 Å². The second-order valence-electron chi connectivity index (χ2n) is 3.50. The van der Waals surface area contributed by atoms with Crippen LogP contribution in [0.1, 0.15) is 11.9 Å². The van der Waals surface area contributed by atoms with Crippen molar-refractivity contribution in [3.05, 3.63) is 23.4 Å². The Bertz CT molecular complexity index is 448. The lowest BCUT2D eigenvalue weighted by Crippen LogP contribution is -2.34. The Kier molecular flexibility index (Phi) is 2.69. The molecular weight excluding hydrogens is 226 g/mol. The highest BCUT2D eigenvalue weighted by atomic mass is 32.1. The van der Waals surface area contributed by atoms with Gasteiger partial charge in [0, 0.05) is 6.54 Å². The van der Waals surface area contributed by atoms with Crippen molar-refractivity contribution < 1.29 is 9.15 Å². The maximum Gasteiger partial charge on any atom is 0.257 e. The van der Waals surface area contributed by atoms with Gasteiger partial charge in [-0.2, -0.15) is 0 Å². The van der Waals surface area contributed by atoms with Gasteiger partial charge in [-0.1, -0.05) is 6.07 Å². The van der Waals surface area contributed by atoms with Crippen molar-refractivity contribution in [1.82, 2.24) is 15.5 Å². The van der Waals surface area contributed by atoms with Crippen molar-refractivity contribution >= 4 is 11.3 Å². The second kappa shape index (κ2) is 4.32. The van der Waals surface area contributed by atoms with Crippen molar-refractivity contribution in [3.8, 4) is 10.8 Å². The number of thiophene rings is 1. The van der Waals surface area contributed by atoms with Gasteiger partial charge in [0.1, 0.15) is 6.04 Å². The highest BCUT2D eigenvalue weighted by molar-refractivity contribution is 7.13. The van der Waals surface area contributed by atoms with E-state index in [2.05, 4.69) is 15.5 Å². The molecule has 0 saturated carbocycles. The van der Waals surface area contributed by atoms with E-state index in [0.717, 1.165) is 18.0 Å². The van der Waals surface area contributed by atoms with Gasteiger partial charge in [-0.05, 0) is 11.4 Å². The number of morpholine rings is 1. The lowest BCUT2D eigenvalue weighted by Gasteiger charge is -2.20. The third-order valence-electron chi connectivity index (χ3n) is 2.39. The molecule has 0 aliphatic carbocycles. The maximum atomic E-state index is 5.61. The Morgan fingerprint density at radius 3 is 3.19 bits per heavy atom. The fraction of sp³-hybridized carbons (Fsp3) is 0.400. The molecule has 5 nitrogen and oxygen atoms in total. The van der Waals surface area contributed by atoms with E-state index in [1.165, 1.54) is 0 Å². The van der Waals surface area contributed by atoms with E-state index in [1.54, 1.807) is 11.3 Å². The zero-order chi connectivity index (χ0) is 10.8. The first-order valence-corrected chi connectivity index (χ1v) is 6.00. The van der Waals surface area contributed by atoms with Crippen LogP contribution in [0, 0.1) is 0 Å². The molecule has 0 aromatic carbocycles. The summed E-state index contributed by atoms with van der Waals surface area (Å²) in [6.07, 6.45) is 0. The van der Waals surface area contributed by atoms with Crippen molar-refractivity contribution in [2.75, 3.05) is 19.8 Å². The van der Waals surface area contributed by atoms with Crippen molar-refractivity contribution in [1.29, 1.82) is 0 Å². The van der Waals surface area contributed by atoms with Crippen molar-refractivity contribution in [2.24, 2.45) is 0 Å². The van der Waals surface area contributed by atoms with Crippen LogP contribution in [-0.2, 0) is 4.74 Å². The number of hydrogen-bond acceptors (Lipinski definition) is 6. The van der Waals surface area contributed by atoms with Gasteiger partial charge in [0.25, 0.3) is 5.89 Å². The zero-order valence-corrected chi connectivity index (χ0v) is 9.37. The number of ether oxygens (including phenoxy) is 1. The van der Waals surface area contributed by atoms with Gasteiger partial charge in [-0.15, -0.1) is 21.5 Å². The number of hydrogen-bond donors (Lipinski definition) is 1. The molecular formula is C10H11N3O2S. The summed E-state index contributed by atoms with van der Waals surface area (Å²) in [4.78, 5) is 0.996. The lowest BCUT2D eigenvalue weighted by molar-refractivity contribution is 0.0683. The lowest BCUT2D eigenvalue weighted by atomic mass is 10.3. The van der Waals surface area contributed by atoms with Crippen LogP contribution < -0.4 is 5.32 Å². The Labute approximate surface area is 96.4 Å². The van der Waals surface area contributed by atoms with Gasteiger partial charge in [0.05, 0.1) is 18.1 Å². The molecule has 3 rings (SSSR count). The summed E-state index contributed by atoms with van der Waals surface area (Å²) < 4.78 is 11.0. The number of nitrogens with zero attached hydrogens (tertiary/aromatic N) is 2. The largest absolute Gasteiger partial charge is 0.418 e. The summed E-state index contributed by atoms with van der Waals surface area (Å²) in [6.45, 7) is 2.15. The summed E-state index contributed by atoms with van der Waals surface area (Å²) in [5.41, 5.74) is 0. The summed E-state index contributed by atoms with van der Waals surface area (Å²) in [6, 6.07) is 3.95. The normalized spacial score (nSPS) is 21.1. The topological polar surface area (TPSA) is 60.2 Å². The molecule has 0 unspecified atom stereocenters. The van der Waals surface area contributed by atoms with Crippen LogP contribution in [0.3, 0.4) is 0 Å². The molecule has 2 aromatic heterocycles. The van der Waals surface area contributed by atoms with E-state index < -0.39 is 0 Å². The van der Waals surface area contributed by atoms with E-state index in [-0.39, 0.29) is 6.04 Å². The van der Waals surface area contributed by atoms with Crippen molar-refractivity contribution in [2.45, 2.75) is 6.04 Å². The monoisotopic (exact) mass is 237 g/mol. The molecule has 1 aliphatic heterocycles. The van der Waals surface area contributed by atoms with Gasteiger partial charge in [-0.3, -0.25) is 0 Å². The highest BCUT2D eigenvalue weighted by Crippen LogP contribution is 2.25. The maximum absolute atomic E-state index is 5.61. The average molecular weight is 237 g/mol. The predicted molar refractivity (Wildman–Crippen MR) is 59.2 cm³/mol. The molecule has 1 aliphatic rings. The number of rotatable bonds is 2.